The lowest BCUT2D eigenvalue weighted by Gasteiger charge is -2.37. The molecule has 128 valence electrons. The SMILES string of the molecule is C[C@H](CO)NC(=O)N[C@H](C)CN1CCN(c2ccccc2)CC1. The third-order valence-electron chi connectivity index (χ3n) is 4.05. The maximum atomic E-state index is 11.7. The van der Waals surface area contributed by atoms with E-state index in [4.69, 9.17) is 5.11 Å². The fourth-order valence-corrected chi connectivity index (χ4v) is 2.80. The molecule has 0 saturated carbocycles. The Morgan fingerprint density at radius 1 is 1.09 bits per heavy atom. The van der Waals surface area contributed by atoms with Crippen LogP contribution in [-0.4, -0.2) is 67.5 Å². The quantitative estimate of drug-likeness (QED) is 0.728. The van der Waals surface area contributed by atoms with Crippen LogP contribution in [0.5, 0.6) is 0 Å². The van der Waals surface area contributed by atoms with Gasteiger partial charge in [-0.3, -0.25) is 4.90 Å². The molecule has 2 atom stereocenters. The van der Waals surface area contributed by atoms with Gasteiger partial charge in [0.1, 0.15) is 0 Å². The second-order valence-corrected chi connectivity index (χ2v) is 6.23. The van der Waals surface area contributed by atoms with Gasteiger partial charge in [0.25, 0.3) is 0 Å². The van der Waals surface area contributed by atoms with E-state index in [1.807, 2.05) is 13.0 Å². The highest BCUT2D eigenvalue weighted by molar-refractivity contribution is 5.74. The van der Waals surface area contributed by atoms with Crippen LogP contribution < -0.4 is 15.5 Å². The minimum Gasteiger partial charge on any atom is -0.394 e. The Kier molecular flexibility index (Phi) is 6.67. The molecular formula is C17H28N4O2. The van der Waals surface area contributed by atoms with Gasteiger partial charge < -0.3 is 20.6 Å². The zero-order chi connectivity index (χ0) is 16.7. The van der Waals surface area contributed by atoms with E-state index in [2.05, 4.69) is 44.7 Å². The van der Waals surface area contributed by atoms with Crippen molar-refractivity contribution in [3.8, 4) is 0 Å². The van der Waals surface area contributed by atoms with Crippen LogP contribution in [0.25, 0.3) is 0 Å². The summed E-state index contributed by atoms with van der Waals surface area (Å²) in [5, 5.41) is 14.6. The Morgan fingerprint density at radius 3 is 2.30 bits per heavy atom. The molecule has 23 heavy (non-hydrogen) atoms. The second kappa shape index (κ2) is 8.74. The number of urea groups is 1. The lowest BCUT2D eigenvalue weighted by atomic mass is 10.2. The number of benzene rings is 1. The number of carbonyl (C=O) groups is 1. The van der Waals surface area contributed by atoms with Crippen LogP contribution in [0.4, 0.5) is 10.5 Å². The first-order valence-corrected chi connectivity index (χ1v) is 8.28. The number of nitrogens with one attached hydrogen (secondary N) is 2. The number of para-hydroxylation sites is 1. The number of hydrogen-bond donors (Lipinski definition) is 3. The van der Waals surface area contributed by atoms with Crippen molar-refractivity contribution in [3.05, 3.63) is 30.3 Å². The second-order valence-electron chi connectivity index (χ2n) is 6.23. The molecule has 2 amide bonds. The number of rotatable bonds is 6. The molecule has 0 aliphatic carbocycles. The van der Waals surface area contributed by atoms with Crippen molar-refractivity contribution < 1.29 is 9.90 Å². The lowest BCUT2D eigenvalue weighted by Crippen LogP contribution is -2.53. The first kappa shape index (κ1) is 17.6. The van der Waals surface area contributed by atoms with Gasteiger partial charge in [-0.1, -0.05) is 18.2 Å². The Morgan fingerprint density at radius 2 is 1.70 bits per heavy atom. The first-order valence-electron chi connectivity index (χ1n) is 8.28. The van der Waals surface area contributed by atoms with Crippen molar-refractivity contribution in [2.45, 2.75) is 25.9 Å². The molecule has 2 rings (SSSR count). The monoisotopic (exact) mass is 320 g/mol. The lowest BCUT2D eigenvalue weighted by molar-refractivity contribution is 0.207. The zero-order valence-electron chi connectivity index (χ0n) is 14.0. The highest BCUT2D eigenvalue weighted by Crippen LogP contribution is 2.15. The van der Waals surface area contributed by atoms with Crippen molar-refractivity contribution in [1.29, 1.82) is 0 Å². The minimum atomic E-state index is -0.225. The molecular weight excluding hydrogens is 292 g/mol. The molecule has 1 heterocycles. The van der Waals surface area contributed by atoms with E-state index in [9.17, 15) is 4.79 Å². The molecule has 0 unspecified atom stereocenters. The number of hydrogen-bond acceptors (Lipinski definition) is 4. The molecule has 1 fully saturated rings. The topological polar surface area (TPSA) is 67.8 Å². The van der Waals surface area contributed by atoms with Gasteiger partial charge >= 0.3 is 6.03 Å². The third-order valence-corrected chi connectivity index (χ3v) is 4.05. The molecule has 0 aromatic heterocycles. The van der Waals surface area contributed by atoms with E-state index >= 15 is 0 Å². The molecule has 1 saturated heterocycles. The summed E-state index contributed by atoms with van der Waals surface area (Å²) in [6.45, 7) is 8.56. The number of aliphatic hydroxyl groups is 1. The molecule has 6 heteroatoms. The maximum Gasteiger partial charge on any atom is 0.315 e. The van der Waals surface area contributed by atoms with Gasteiger partial charge in [-0.2, -0.15) is 0 Å². The smallest absolute Gasteiger partial charge is 0.315 e. The first-order chi connectivity index (χ1) is 11.1. The van der Waals surface area contributed by atoms with Crippen LogP contribution in [-0.2, 0) is 0 Å². The highest BCUT2D eigenvalue weighted by Gasteiger charge is 2.19. The van der Waals surface area contributed by atoms with Crippen LogP contribution in [0.3, 0.4) is 0 Å². The fraction of sp³-hybridized carbons (Fsp3) is 0.588. The normalized spacial score (nSPS) is 18.3. The van der Waals surface area contributed by atoms with Crippen molar-refractivity contribution >= 4 is 11.7 Å². The molecule has 6 nitrogen and oxygen atoms in total. The van der Waals surface area contributed by atoms with Gasteiger partial charge in [0.2, 0.25) is 0 Å². The molecule has 1 aliphatic rings. The standard InChI is InChI=1S/C17H28N4O2/c1-14(18-17(23)19-15(2)13-22)12-20-8-10-21(11-9-20)16-6-4-3-5-7-16/h3-7,14-15,22H,8-13H2,1-2H3,(H2,18,19,23)/t14-,15-/m1/s1. The van der Waals surface area contributed by atoms with Gasteiger partial charge in [0.15, 0.2) is 0 Å². The van der Waals surface area contributed by atoms with E-state index in [1.165, 1.54) is 5.69 Å². The van der Waals surface area contributed by atoms with Crippen LogP contribution in [0.2, 0.25) is 0 Å². The molecule has 1 aromatic rings. The van der Waals surface area contributed by atoms with Gasteiger partial charge in [-0.25, -0.2) is 4.79 Å². The van der Waals surface area contributed by atoms with Crippen molar-refractivity contribution in [3.63, 3.8) is 0 Å². The number of aliphatic hydroxyl groups excluding tert-OH is 1. The number of nitrogens with zero attached hydrogens (tertiary/aromatic N) is 2. The summed E-state index contributed by atoms with van der Waals surface area (Å²) < 4.78 is 0. The zero-order valence-corrected chi connectivity index (χ0v) is 14.0. The average Bonchev–Trinajstić information content (AvgIpc) is 2.56. The van der Waals surface area contributed by atoms with Crippen molar-refractivity contribution in [2.75, 3.05) is 44.2 Å². The number of carbonyl (C=O) groups excluding carboxylic acids is 1. The molecule has 1 aliphatic heterocycles. The largest absolute Gasteiger partial charge is 0.394 e. The summed E-state index contributed by atoms with van der Waals surface area (Å²) in [6.07, 6.45) is 0. The summed E-state index contributed by atoms with van der Waals surface area (Å²) in [5.41, 5.74) is 1.27. The molecule has 0 radical (unpaired) electrons. The molecule has 0 spiro atoms. The summed E-state index contributed by atoms with van der Waals surface area (Å²) in [7, 11) is 0. The van der Waals surface area contributed by atoms with Crippen LogP contribution in [0.15, 0.2) is 30.3 Å². The van der Waals surface area contributed by atoms with Crippen LogP contribution in [0, 0.1) is 0 Å². The van der Waals surface area contributed by atoms with Crippen molar-refractivity contribution in [1.82, 2.24) is 15.5 Å². The Balaban J connectivity index is 1.70. The van der Waals surface area contributed by atoms with E-state index in [0.717, 1.165) is 32.7 Å². The maximum absolute atomic E-state index is 11.7. The number of amides is 2. The van der Waals surface area contributed by atoms with Gasteiger partial charge in [0, 0.05) is 44.5 Å². The van der Waals surface area contributed by atoms with E-state index in [-0.39, 0.29) is 24.7 Å². The van der Waals surface area contributed by atoms with Crippen LogP contribution in [0.1, 0.15) is 13.8 Å². The van der Waals surface area contributed by atoms with E-state index in [0.29, 0.717) is 0 Å². The molecule has 3 N–H and O–H groups in total. The van der Waals surface area contributed by atoms with Crippen molar-refractivity contribution in [2.24, 2.45) is 0 Å². The van der Waals surface area contributed by atoms with Crippen LogP contribution >= 0.6 is 0 Å². The predicted molar refractivity (Wildman–Crippen MR) is 92.8 cm³/mol. The number of piperazine rings is 1. The Labute approximate surface area is 138 Å². The third kappa shape index (κ3) is 5.73. The summed E-state index contributed by atoms with van der Waals surface area (Å²) in [5.74, 6) is 0. The predicted octanol–water partition coefficient (Wildman–Crippen LogP) is 0.877. The summed E-state index contributed by atoms with van der Waals surface area (Å²) >= 11 is 0. The Bertz CT molecular complexity index is 475. The fourth-order valence-electron chi connectivity index (χ4n) is 2.80. The Hall–Kier alpha value is -1.79. The molecule has 0 bridgehead atoms. The molecule has 1 aromatic carbocycles. The minimum absolute atomic E-state index is 0.0523. The van der Waals surface area contributed by atoms with Gasteiger partial charge in [0.05, 0.1) is 12.6 Å². The summed E-state index contributed by atoms with van der Waals surface area (Å²) in [6, 6.07) is 10.1. The highest BCUT2D eigenvalue weighted by atomic mass is 16.3. The van der Waals surface area contributed by atoms with E-state index in [1.54, 1.807) is 6.92 Å². The van der Waals surface area contributed by atoms with Gasteiger partial charge in [-0.05, 0) is 26.0 Å². The number of anilines is 1. The van der Waals surface area contributed by atoms with Gasteiger partial charge in [-0.15, -0.1) is 0 Å². The summed E-state index contributed by atoms with van der Waals surface area (Å²) in [4.78, 5) is 16.5. The van der Waals surface area contributed by atoms with E-state index < -0.39 is 0 Å². The average molecular weight is 320 g/mol.